The average molecular weight is 887 g/mol. The SMILES string of the molecule is Nc1ccc(Oc2ccc(OC(F)(F)F)cc2)cc1.O=[N+]([O-])c1ccc(F)cc1.O=[N+]([O-])c1ccc(Oc2ccc(OC(F)(F)F)cc2)cc1.OC1=C[C+]=C(OC(F)(F)F)C=C1. The molecule has 23 heteroatoms. The number of halogens is 10. The smallest absolute Gasteiger partial charge is 0.457 e. The number of benzene rings is 5. The molecule has 0 bridgehead atoms. The molecule has 1 aliphatic carbocycles. The number of nitro groups is 2. The van der Waals surface area contributed by atoms with Gasteiger partial charge in [0.1, 0.15) is 46.4 Å². The first kappa shape index (κ1) is 48.3. The van der Waals surface area contributed by atoms with Crippen LogP contribution in [0.1, 0.15) is 0 Å². The van der Waals surface area contributed by atoms with E-state index in [1.54, 1.807) is 24.3 Å². The molecule has 0 radical (unpaired) electrons. The van der Waals surface area contributed by atoms with Crippen molar-refractivity contribution < 1.29 is 82.5 Å². The summed E-state index contributed by atoms with van der Waals surface area (Å²) in [5.74, 6) is -0.215. The number of alkyl halides is 9. The van der Waals surface area contributed by atoms with Crippen molar-refractivity contribution >= 4 is 17.1 Å². The molecule has 0 heterocycles. The van der Waals surface area contributed by atoms with Gasteiger partial charge in [0.25, 0.3) is 17.1 Å². The Morgan fingerprint density at radius 3 is 1.15 bits per heavy atom. The van der Waals surface area contributed by atoms with Gasteiger partial charge >= 0.3 is 19.1 Å². The number of nitro benzene ring substituents is 2. The molecule has 1 aliphatic rings. The van der Waals surface area contributed by atoms with Crippen molar-refractivity contribution in [3.63, 3.8) is 0 Å². The van der Waals surface area contributed by atoms with Crippen LogP contribution in [0.2, 0.25) is 0 Å². The predicted molar refractivity (Wildman–Crippen MR) is 197 cm³/mol. The Bertz CT molecular complexity index is 2300. The summed E-state index contributed by atoms with van der Waals surface area (Å²) < 4.78 is 140. The minimum absolute atomic E-state index is 0.0868. The summed E-state index contributed by atoms with van der Waals surface area (Å²) in [4.78, 5) is 19.4. The third-order valence-electron chi connectivity index (χ3n) is 6.54. The van der Waals surface area contributed by atoms with Crippen molar-refractivity contribution in [2.75, 3.05) is 5.73 Å². The standard InChI is InChI=1S/C13H8F3NO4.C13H10F3NO2.C7H3F3O2.C6H4FNO2/c14-13(15,16)21-12-7-5-11(6-8-12)20-10-3-1-9(2-4-10)17(18)19;14-13(15,16)19-12-7-5-11(6-8-12)18-10-3-1-9(17)2-4-10;8-7(9,10)12-6-3-1-5(11)2-4-6;7-5-1-3-6(4-2-5)8(9)10/h1-8H;1-8H,17H2;1-3H;1-4H/p+1. The molecule has 0 unspecified atom stereocenters. The van der Waals surface area contributed by atoms with Gasteiger partial charge < -0.3 is 34.5 Å². The lowest BCUT2D eigenvalue weighted by molar-refractivity contribution is -0.385. The van der Waals surface area contributed by atoms with Crippen molar-refractivity contribution in [3.05, 3.63) is 183 Å². The van der Waals surface area contributed by atoms with Crippen molar-refractivity contribution in [2.24, 2.45) is 0 Å². The molecule has 0 saturated heterocycles. The highest BCUT2D eigenvalue weighted by Gasteiger charge is 2.34. The van der Waals surface area contributed by atoms with E-state index in [2.05, 4.69) is 20.3 Å². The number of hydrogen-bond donors (Lipinski definition) is 2. The fourth-order valence-corrected chi connectivity index (χ4v) is 4.02. The molecule has 62 heavy (non-hydrogen) atoms. The van der Waals surface area contributed by atoms with Crippen LogP contribution in [0.25, 0.3) is 0 Å². The number of nitrogens with two attached hydrogens (primary N) is 1. The predicted octanol–water partition coefficient (Wildman–Crippen LogP) is 12.2. The molecule has 13 nitrogen and oxygen atoms in total. The number of rotatable bonds is 9. The largest absolute Gasteiger partial charge is 0.575 e. The summed E-state index contributed by atoms with van der Waals surface area (Å²) in [6.07, 6.45) is -9.02. The summed E-state index contributed by atoms with van der Waals surface area (Å²) in [5.41, 5.74) is 5.94. The van der Waals surface area contributed by atoms with Gasteiger partial charge in [-0.3, -0.25) is 20.2 Å². The average Bonchev–Trinajstić information content (AvgIpc) is 3.18. The van der Waals surface area contributed by atoms with Crippen molar-refractivity contribution in [2.45, 2.75) is 19.1 Å². The van der Waals surface area contributed by atoms with Crippen LogP contribution in [0.4, 0.5) is 61.0 Å². The normalized spacial score (nSPS) is 11.8. The highest BCUT2D eigenvalue weighted by atomic mass is 19.4. The number of anilines is 1. The number of hydrogen-bond acceptors (Lipinski definition) is 11. The summed E-state index contributed by atoms with van der Waals surface area (Å²) in [5, 5.41) is 29.2. The molecule has 0 atom stereocenters. The Kier molecular flexibility index (Phi) is 17.0. The van der Waals surface area contributed by atoms with Gasteiger partial charge in [0.15, 0.2) is 0 Å². The lowest BCUT2D eigenvalue weighted by Gasteiger charge is -2.10. The molecule has 3 N–H and O–H groups in total. The Balaban J connectivity index is 0.000000229. The molecule has 6 rings (SSSR count). The van der Waals surface area contributed by atoms with Crippen LogP contribution < -0.4 is 24.7 Å². The van der Waals surface area contributed by atoms with Gasteiger partial charge in [0.05, 0.1) is 28.1 Å². The third kappa shape index (κ3) is 19.6. The number of non-ortho nitro benzene ring substituents is 2. The Labute approximate surface area is 342 Å². The second-order valence-corrected chi connectivity index (χ2v) is 11.3. The fraction of sp³-hybridized carbons (Fsp3) is 0.0769. The zero-order valence-electron chi connectivity index (χ0n) is 30.7. The quantitative estimate of drug-likeness (QED) is 0.0473. The van der Waals surface area contributed by atoms with Gasteiger partial charge in [0.2, 0.25) is 5.76 Å². The van der Waals surface area contributed by atoms with Crippen LogP contribution in [0, 0.1) is 32.1 Å². The maximum atomic E-state index is 12.1. The Hall–Kier alpha value is -8.07. The molecule has 5 aromatic carbocycles. The van der Waals surface area contributed by atoms with E-state index in [-0.39, 0.29) is 34.4 Å². The van der Waals surface area contributed by atoms with E-state index < -0.39 is 40.5 Å². The summed E-state index contributed by atoms with van der Waals surface area (Å²) in [6, 6.07) is 26.2. The maximum absolute atomic E-state index is 12.1. The van der Waals surface area contributed by atoms with E-state index in [9.17, 15) is 64.1 Å². The molecule has 5 aromatic rings. The van der Waals surface area contributed by atoms with Gasteiger partial charge in [-0.1, -0.05) is 0 Å². The molecule has 0 aromatic heterocycles. The minimum Gasteiger partial charge on any atom is -0.457 e. The zero-order valence-corrected chi connectivity index (χ0v) is 30.7. The minimum atomic E-state index is -4.75. The van der Waals surface area contributed by atoms with Crippen LogP contribution in [-0.4, -0.2) is 34.0 Å². The first-order valence-corrected chi connectivity index (χ1v) is 16.5. The van der Waals surface area contributed by atoms with E-state index in [0.29, 0.717) is 22.9 Å². The van der Waals surface area contributed by atoms with Crippen LogP contribution in [-0.2, 0) is 4.74 Å². The number of aliphatic hydroxyl groups is 1. The highest BCUT2D eigenvalue weighted by molar-refractivity contribution is 5.44. The summed E-state index contributed by atoms with van der Waals surface area (Å²) in [6.45, 7) is 0. The zero-order chi connectivity index (χ0) is 46.1. The van der Waals surface area contributed by atoms with Crippen LogP contribution >= 0.6 is 0 Å². The Morgan fingerprint density at radius 1 is 0.500 bits per heavy atom. The first-order chi connectivity index (χ1) is 28.9. The molecule has 0 amide bonds. The lowest BCUT2D eigenvalue weighted by atomic mass is 10.2. The molecular formula is C39H26F10N3O10+. The fourth-order valence-electron chi connectivity index (χ4n) is 4.02. The molecule has 0 aliphatic heterocycles. The van der Waals surface area contributed by atoms with E-state index in [1.807, 2.05) is 0 Å². The first-order valence-electron chi connectivity index (χ1n) is 16.5. The second kappa shape index (κ2) is 21.8. The van der Waals surface area contributed by atoms with Gasteiger partial charge in [-0.05, 0) is 97.1 Å². The van der Waals surface area contributed by atoms with Crippen molar-refractivity contribution in [3.8, 4) is 34.5 Å². The van der Waals surface area contributed by atoms with E-state index in [4.69, 9.17) is 20.3 Å². The molecule has 0 spiro atoms. The Morgan fingerprint density at radius 2 is 0.823 bits per heavy atom. The molecule has 0 saturated carbocycles. The van der Waals surface area contributed by atoms with Crippen molar-refractivity contribution in [1.29, 1.82) is 0 Å². The van der Waals surface area contributed by atoms with Crippen LogP contribution in [0.15, 0.2) is 151 Å². The second-order valence-electron chi connectivity index (χ2n) is 11.3. The highest BCUT2D eigenvalue weighted by Crippen LogP contribution is 2.30. The van der Waals surface area contributed by atoms with Gasteiger partial charge in [-0.25, -0.2) is 4.39 Å². The van der Waals surface area contributed by atoms with E-state index >= 15 is 0 Å². The molecule has 0 fully saturated rings. The van der Waals surface area contributed by atoms with Crippen LogP contribution in [0.5, 0.6) is 34.5 Å². The number of allylic oxidation sites excluding steroid dienone is 4. The van der Waals surface area contributed by atoms with Crippen LogP contribution in [0.3, 0.4) is 0 Å². The van der Waals surface area contributed by atoms with E-state index in [1.165, 1.54) is 60.7 Å². The monoisotopic (exact) mass is 886 g/mol. The van der Waals surface area contributed by atoms with Gasteiger partial charge in [-0.2, -0.15) is 0 Å². The topological polar surface area (TPSA) is 179 Å². The van der Waals surface area contributed by atoms with Gasteiger partial charge in [-0.15, -0.1) is 39.5 Å². The number of ether oxygens (including phenoxy) is 5. The van der Waals surface area contributed by atoms with Crippen molar-refractivity contribution in [1.82, 2.24) is 0 Å². The summed E-state index contributed by atoms with van der Waals surface area (Å²) >= 11 is 0. The third-order valence-corrected chi connectivity index (χ3v) is 6.54. The number of nitrogen functional groups attached to an aromatic ring is 1. The number of nitrogens with zero attached hydrogens (tertiary/aromatic N) is 2. The summed E-state index contributed by atoms with van der Waals surface area (Å²) in [7, 11) is 0. The molecular weight excluding hydrogens is 860 g/mol. The number of aliphatic hydroxyl groups excluding tert-OH is 1. The van der Waals surface area contributed by atoms with Gasteiger partial charge in [0, 0.05) is 30.0 Å². The van der Waals surface area contributed by atoms with E-state index in [0.717, 1.165) is 54.6 Å². The lowest BCUT2D eigenvalue weighted by Crippen LogP contribution is -2.16. The molecule has 326 valence electrons. The maximum Gasteiger partial charge on any atom is 0.575 e.